The minimum atomic E-state index is 0.0443. The number of halogens is 1. The summed E-state index contributed by atoms with van der Waals surface area (Å²) in [7, 11) is 0. The second-order valence-electron chi connectivity index (χ2n) is 2.14. The number of carbonyl (C=O) groups excluding carboxylic acids is 1. The quantitative estimate of drug-likeness (QED) is 0.288. The van der Waals surface area contributed by atoms with Crippen LogP contribution < -0.4 is 5.73 Å². The lowest BCUT2D eigenvalue weighted by Crippen LogP contribution is -2.05. The molecule has 1 heterocycles. The molecule has 7 heteroatoms. The molecule has 0 spiro atoms. The van der Waals surface area contributed by atoms with Gasteiger partial charge in [0.1, 0.15) is 12.3 Å². The highest BCUT2D eigenvalue weighted by atomic mass is 127. The van der Waals surface area contributed by atoms with E-state index in [4.69, 9.17) is 10.6 Å². The van der Waals surface area contributed by atoms with Gasteiger partial charge in [-0.2, -0.15) is 0 Å². The van der Waals surface area contributed by atoms with E-state index in [1.807, 2.05) is 0 Å². The van der Waals surface area contributed by atoms with Crippen molar-refractivity contribution in [2.75, 3.05) is 16.8 Å². The summed E-state index contributed by atoms with van der Waals surface area (Å²) in [5.41, 5.74) is 5.85. The minimum Gasteiger partial charge on any atom is -0.394 e. The average molecular weight is 324 g/mol. The molecule has 0 unspecified atom stereocenters. The number of nitrogens with two attached hydrogens (primary N) is 1. The number of nitrogen functional groups attached to an aromatic ring is 1. The van der Waals surface area contributed by atoms with Crippen LogP contribution >= 0.6 is 33.9 Å². The molecule has 5 nitrogen and oxygen atoms in total. The number of rotatable bonds is 5. The van der Waals surface area contributed by atoms with Gasteiger partial charge in [-0.05, 0) is 0 Å². The van der Waals surface area contributed by atoms with Crippen LogP contribution in [0.15, 0.2) is 10.5 Å². The van der Waals surface area contributed by atoms with E-state index < -0.39 is 0 Å². The highest BCUT2D eigenvalue weighted by molar-refractivity contribution is 14.1. The predicted octanol–water partition coefficient (Wildman–Crippen LogP) is 0.991. The molecule has 0 fully saturated rings. The van der Waals surface area contributed by atoms with E-state index in [0.717, 1.165) is 4.43 Å². The first-order chi connectivity index (χ1) is 6.77. The number of alkyl halides is 1. The standard InChI is InChI=1S/C7H7IN3O2S/c8-1-2-13-11-5(3-12)6-4-14-7(9)10-6/h4H,1-2H2,(H2,9,10)/b11-5+. The van der Waals surface area contributed by atoms with Gasteiger partial charge in [0, 0.05) is 9.81 Å². The number of thiazole rings is 1. The third-order valence-corrected chi connectivity index (χ3v) is 2.30. The molecule has 0 bridgehead atoms. The molecule has 1 aromatic rings. The van der Waals surface area contributed by atoms with Crippen molar-refractivity contribution in [2.45, 2.75) is 0 Å². The summed E-state index contributed by atoms with van der Waals surface area (Å²) in [6, 6.07) is 0. The fraction of sp³-hybridized carbons (Fsp3) is 0.286. The molecular weight excluding hydrogens is 317 g/mol. The van der Waals surface area contributed by atoms with Gasteiger partial charge in [-0.3, -0.25) is 4.79 Å². The van der Waals surface area contributed by atoms with Crippen LogP contribution in [0.5, 0.6) is 0 Å². The third-order valence-electron chi connectivity index (χ3n) is 1.19. The first-order valence-corrected chi connectivity index (χ1v) is 6.04. The van der Waals surface area contributed by atoms with Gasteiger partial charge in [-0.15, -0.1) is 11.3 Å². The maximum atomic E-state index is 10.5. The highest BCUT2D eigenvalue weighted by Crippen LogP contribution is 2.11. The maximum Gasteiger partial charge on any atom is 0.259 e. The van der Waals surface area contributed by atoms with Crippen molar-refractivity contribution >= 4 is 51.1 Å². The highest BCUT2D eigenvalue weighted by Gasteiger charge is 2.08. The molecule has 1 rings (SSSR count). The summed E-state index contributed by atoms with van der Waals surface area (Å²) in [4.78, 5) is 19.2. The van der Waals surface area contributed by atoms with E-state index in [0.29, 0.717) is 17.4 Å². The second-order valence-corrected chi connectivity index (χ2v) is 4.10. The molecule has 75 valence electrons. The molecule has 0 aliphatic carbocycles. The van der Waals surface area contributed by atoms with Gasteiger partial charge in [0.25, 0.3) is 6.29 Å². The number of aromatic nitrogens is 1. The van der Waals surface area contributed by atoms with E-state index in [1.165, 1.54) is 11.3 Å². The van der Waals surface area contributed by atoms with E-state index in [-0.39, 0.29) is 5.71 Å². The van der Waals surface area contributed by atoms with Gasteiger partial charge in [0.15, 0.2) is 10.8 Å². The van der Waals surface area contributed by atoms with Gasteiger partial charge in [0.2, 0.25) is 0 Å². The third kappa shape index (κ3) is 3.22. The van der Waals surface area contributed by atoms with E-state index in [1.54, 1.807) is 11.7 Å². The van der Waals surface area contributed by atoms with Gasteiger partial charge >= 0.3 is 0 Å². The summed E-state index contributed by atoms with van der Waals surface area (Å²) >= 11 is 3.38. The Bertz CT molecular complexity index is 339. The van der Waals surface area contributed by atoms with Crippen LogP contribution in [0.1, 0.15) is 5.69 Å². The first-order valence-electron chi connectivity index (χ1n) is 3.63. The first kappa shape index (κ1) is 11.4. The van der Waals surface area contributed by atoms with Crippen molar-refractivity contribution in [2.24, 2.45) is 5.16 Å². The van der Waals surface area contributed by atoms with Crippen molar-refractivity contribution in [3.05, 3.63) is 11.1 Å². The van der Waals surface area contributed by atoms with Crippen LogP contribution in [-0.4, -0.2) is 28.0 Å². The van der Waals surface area contributed by atoms with Crippen LogP contribution in [0.3, 0.4) is 0 Å². The Hall–Kier alpha value is -0.700. The molecule has 1 aromatic heterocycles. The number of hydrogen-bond acceptors (Lipinski definition) is 6. The Labute approximate surface area is 98.5 Å². The Kier molecular flexibility index (Phi) is 4.80. The predicted molar refractivity (Wildman–Crippen MR) is 63.6 cm³/mol. The van der Waals surface area contributed by atoms with Crippen molar-refractivity contribution in [3.63, 3.8) is 0 Å². The van der Waals surface area contributed by atoms with Crippen LogP contribution in [0.2, 0.25) is 0 Å². The normalized spacial score (nSPS) is 11.4. The topological polar surface area (TPSA) is 77.6 Å². The Morgan fingerprint density at radius 1 is 1.86 bits per heavy atom. The van der Waals surface area contributed by atoms with Gasteiger partial charge < -0.3 is 10.6 Å². The zero-order valence-electron chi connectivity index (χ0n) is 7.07. The van der Waals surface area contributed by atoms with Crippen LogP contribution in [0.25, 0.3) is 0 Å². The maximum absolute atomic E-state index is 10.5. The lowest BCUT2D eigenvalue weighted by molar-refractivity contribution is 0.164. The minimum absolute atomic E-state index is 0.0443. The summed E-state index contributed by atoms with van der Waals surface area (Å²) < 4.78 is 0.798. The number of hydrogen-bond donors (Lipinski definition) is 1. The van der Waals surface area contributed by atoms with Gasteiger partial charge in [0.05, 0.1) is 0 Å². The SMILES string of the molecule is Nc1nc(/C([C]=O)=N/OCCI)cs1. The largest absolute Gasteiger partial charge is 0.394 e. The van der Waals surface area contributed by atoms with Crippen molar-refractivity contribution < 1.29 is 9.63 Å². The van der Waals surface area contributed by atoms with E-state index in [9.17, 15) is 4.79 Å². The zero-order chi connectivity index (χ0) is 10.4. The molecule has 0 aliphatic rings. The fourth-order valence-electron chi connectivity index (χ4n) is 0.659. The van der Waals surface area contributed by atoms with Crippen LogP contribution in [-0.2, 0) is 9.63 Å². The molecule has 14 heavy (non-hydrogen) atoms. The van der Waals surface area contributed by atoms with E-state index in [2.05, 4.69) is 32.7 Å². The molecule has 0 saturated carbocycles. The molecule has 0 atom stereocenters. The van der Waals surface area contributed by atoms with Crippen LogP contribution in [0.4, 0.5) is 5.13 Å². The van der Waals surface area contributed by atoms with E-state index >= 15 is 0 Å². The number of nitrogens with zero attached hydrogens (tertiary/aromatic N) is 2. The number of oxime groups is 1. The summed E-state index contributed by atoms with van der Waals surface area (Å²) in [5, 5.41) is 5.61. The fourth-order valence-corrected chi connectivity index (χ4v) is 1.40. The van der Waals surface area contributed by atoms with Crippen molar-refractivity contribution in [1.82, 2.24) is 4.98 Å². The Morgan fingerprint density at radius 2 is 2.64 bits per heavy atom. The molecule has 0 aromatic carbocycles. The average Bonchev–Trinajstić information content (AvgIpc) is 2.60. The Morgan fingerprint density at radius 3 is 3.14 bits per heavy atom. The van der Waals surface area contributed by atoms with Gasteiger partial charge in [-0.25, -0.2) is 4.98 Å². The van der Waals surface area contributed by atoms with Crippen LogP contribution in [0, 0.1) is 0 Å². The summed E-state index contributed by atoms with van der Waals surface area (Å²) in [6.07, 6.45) is 1.65. The Balaban J connectivity index is 2.71. The second kappa shape index (κ2) is 5.91. The molecular formula is C7H7IN3O2S. The van der Waals surface area contributed by atoms with Crippen molar-refractivity contribution in [3.8, 4) is 0 Å². The molecule has 0 saturated heterocycles. The molecule has 0 amide bonds. The zero-order valence-corrected chi connectivity index (χ0v) is 10.0. The lowest BCUT2D eigenvalue weighted by Gasteiger charge is -1.94. The molecule has 2 N–H and O–H groups in total. The molecule has 0 aliphatic heterocycles. The lowest BCUT2D eigenvalue weighted by atomic mass is 10.3. The van der Waals surface area contributed by atoms with Crippen molar-refractivity contribution in [1.29, 1.82) is 0 Å². The molecule has 1 radical (unpaired) electrons. The van der Waals surface area contributed by atoms with Gasteiger partial charge in [-0.1, -0.05) is 27.7 Å². The monoisotopic (exact) mass is 324 g/mol. The smallest absolute Gasteiger partial charge is 0.259 e. The summed E-state index contributed by atoms with van der Waals surface area (Å²) in [6.45, 7) is 0.450. The summed E-state index contributed by atoms with van der Waals surface area (Å²) in [5.74, 6) is 0. The number of anilines is 1.